The van der Waals surface area contributed by atoms with Gasteiger partial charge in [-0.1, -0.05) is 17.7 Å². The van der Waals surface area contributed by atoms with Gasteiger partial charge in [-0.25, -0.2) is 0 Å². The second kappa shape index (κ2) is 5.53. The summed E-state index contributed by atoms with van der Waals surface area (Å²) in [4.78, 5) is 4.78. The molecule has 0 aliphatic carbocycles. The highest BCUT2D eigenvalue weighted by atomic mass is 35.5. The number of benzene rings is 1. The van der Waals surface area contributed by atoms with Crippen LogP contribution in [0, 0.1) is 0 Å². The topological polar surface area (TPSA) is 32.5 Å². The lowest BCUT2D eigenvalue weighted by atomic mass is 10.2. The first-order chi connectivity index (χ1) is 7.79. The normalized spacial score (nSPS) is 17.8. The molecule has 0 aromatic heterocycles. The lowest BCUT2D eigenvalue weighted by Crippen LogP contribution is -2.47. The van der Waals surface area contributed by atoms with Crippen LogP contribution < -0.4 is 10.6 Å². The molecule has 0 spiro atoms. The van der Waals surface area contributed by atoms with Gasteiger partial charge in [0.25, 0.3) is 0 Å². The number of halogens is 1. The van der Waals surface area contributed by atoms with Gasteiger partial charge in [0, 0.05) is 50.0 Å². The number of hydrogen-bond acceptors (Lipinski definition) is 3. The van der Waals surface area contributed by atoms with Crippen LogP contribution in [0.5, 0.6) is 0 Å². The molecule has 0 unspecified atom stereocenters. The number of nitrogens with two attached hydrogens (primary N) is 1. The summed E-state index contributed by atoms with van der Waals surface area (Å²) in [7, 11) is 0. The van der Waals surface area contributed by atoms with Gasteiger partial charge in [0.15, 0.2) is 0 Å². The largest absolute Gasteiger partial charge is 0.369 e. The Hall–Kier alpha value is -0.770. The van der Waals surface area contributed by atoms with E-state index in [2.05, 4.69) is 15.9 Å². The summed E-state index contributed by atoms with van der Waals surface area (Å²) in [6, 6.07) is 8.06. The Labute approximate surface area is 102 Å². The van der Waals surface area contributed by atoms with E-state index in [0.29, 0.717) is 0 Å². The number of rotatable bonds is 3. The van der Waals surface area contributed by atoms with Gasteiger partial charge in [-0.3, -0.25) is 4.90 Å². The molecule has 3 nitrogen and oxygen atoms in total. The lowest BCUT2D eigenvalue weighted by molar-refractivity contribution is 0.265. The van der Waals surface area contributed by atoms with E-state index in [1.54, 1.807) is 0 Å². The van der Waals surface area contributed by atoms with Gasteiger partial charge < -0.3 is 10.6 Å². The average Bonchev–Trinajstić information content (AvgIpc) is 2.30. The molecule has 0 atom stereocenters. The Morgan fingerprint density at radius 3 is 2.56 bits per heavy atom. The van der Waals surface area contributed by atoms with Crippen LogP contribution in [0.25, 0.3) is 0 Å². The summed E-state index contributed by atoms with van der Waals surface area (Å²) < 4.78 is 0. The fourth-order valence-electron chi connectivity index (χ4n) is 2.09. The van der Waals surface area contributed by atoms with Crippen LogP contribution in [0.1, 0.15) is 0 Å². The van der Waals surface area contributed by atoms with Crippen molar-refractivity contribution in [2.45, 2.75) is 0 Å². The zero-order valence-electron chi connectivity index (χ0n) is 9.40. The minimum Gasteiger partial charge on any atom is -0.369 e. The standard InChI is InChI=1S/C12H18ClN3/c13-11-2-1-3-12(10-11)16-8-6-15(5-4-14)7-9-16/h1-3,10H,4-9,14H2. The minimum absolute atomic E-state index is 0.747. The molecule has 4 heteroatoms. The summed E-state index contributed by atoms with van der Waals surface area (Å²) in [5.74, 6) is 0. The molecule has 1 fully saturated rings. The van der Waals surface area contributed by atoms with Gasteiger partial charge in [-0.05, 0) is 18.2 Å². The zero-order valence-corrected chi connectivity index (χ0v) is 10.2. The van der Waals surface area contributed by atoms with Crippen molar-refractivity contribution in [1.82, 2.24) is 4.90 Å². The van der Waals surface area contributed by atoms with Crippen LogP contribution in [-0.4, -0.2) is 44.2 Å². The molecule has 1 aliphatic rings. The van der Waals surface area contributed by atoms with Gasteiger partial charge in [-0.2, -0.15) is 0 Å². The highest BCUT2D eigenvalue weighted by molar-refractivity contribution is 6.30. The maximum atomic E-state index is 5.99. The summed E-state index contributed by atoms with van der Waals surface area (Å²) >= 11 is 5.99. The summed E-state index contributed by atoms with van der Waals surface area (Å²) in [6.07, 6.45) is 0. The minimum atomic E-state index is 0.747. The number of nitrogens with zero attached hydrogens (tertiary/aromatic N) is 2. The van der Waals surface area contributed by atoms with Gasteiger partial charge in [-0.15, -0.1) is 0 Å². The van der Waals surface area contributed by atoms with Gasteiger partial charge in [0.1, 0.15) is 0 Å². The first kappa shape index (κ1) is 11.7. The zero-order chi connectivity index (χ0) is 11.4. The highest BCUT2D eigenvalue weighted by Gasteiger charge is 2.16. The smallest absolute Gasteiger partial charge is 0.0426 e. The van der Waals surface area contributed by atoms with Crippen LogP contribution in [0.15, 0.2) is 24.3 Å². The Bertz CT molecular complexity index is 335. The van der Waals surface area contributed by atoms with E-state index in [1.165, 1.54) is 5.69 Å². The third-order valence-electron chi connectivity index (χ3n) is 2.99. The van der Waals surface area contributed by atoms with Crippen molar-refractivity contribution in [1.29, 1.82) is 0 Å². The second-order valence-electron chi connectivity index (χ2n) is 4.10. The highest BCUT2D eigenvalue weighted by Crippen LogP contribution is 2.20. The van der Waals surface area contributed by atoms with Crippen LogP contribution in [0.4, 0.5) is 5.69 Å². The molecule has 0 saturated carbocycles. The maximum Gasteiger partial charge on any atom is 0.0426 e. The summed E-state index contributed by atoms with van der Waals surface area (Å²) in [5, 5.41) is 0.807. The molecule has 1 heterocycles. The van der Waals surface area contributed by atoms with Crippen LogP contribution >= 0.6 is 11.6 Å². The Morgan fingerprint density at radius 2 is 1.94 bits per heavy atom. The van der Waals surface area contributed by atoms with E-state index in [9.17, 15) is 0 Å². The van der Waals surface area contributed by atoms with E-state index < -0.39 is 0 Å². The van der Waals surface area contributed by atoms with Crippen molar-refractivity contribution in [2.75, 3.05) is 44.2 Å². The molecular formula is C12H18ClN3. The Balaban J connectivity index is 1.94. The van der Waals surface area contributed by atoms with Crippen molar-refractivity contribution >= 4 is 17.3 Å². The first-order valence-electron chi connectivity index (χ1n) is 5.72. The van der Waals surface area contributed by atoms with E-state index in [1.807, 2.05) is 18.2 Å². The molecule has 0 amide bonds. The van der Waals surface area contributed by atoms with Crippen molar-refractivity contribution in [3.05, 3.63) is 29.3 Å². The van der Waals surface area contributed by atoms with Crippen molar-refractivity contribution < 1.29 is 0 Å². The monoisotopic (exact) mass is 239 g/mol. The Morgan fingerprint density at radius 1 is 1.19 bits per heavy atom. The molecule has 2 rings (SSSR count). The van der Waals surface area contributed by atoms with Crippen LogP contribution in [-0.2, 0) is 0 Å². The van der Waals surface area contributed by atoms with E-state index in [4.69, 9.17) is 17.3 Å². The average molecular weight is 240 g/mol. The summed E-state index contributed by atoms with van der Waals surface area (Å²) in [5.41, 5.74) is 6.77. The molecule has 1 aliphatic heterocycles. The molecule has 88 valence electrons. The van der Waals surface area contributed by atoms with E-state index >= 15 is 0 Å². The second-order valence-corrected chi connectivity index (χ2v) is 4.53. The molecule has 0 bridgehead atoms. The number of hydrogen-bond donors (Lipinski definition) is 1. The van der Waals surface area contributed by atoms with Gasteiger partial charge in [0.05, 0.1) is 0 Å². The molecule has 2 N–H and O–H groups in total. The molecule has 1 saturated heterocycles. The molecule has 16 heavy (non-hydrogen) atoms. The van der Waals surface area contributed by atoms with E-state index in [-0.39, 0.29) is 0 Å². The van der Waals surface area contributed by atoms with E-state index in [0.717, 1.165) is 44.3 Å². The first-order valence-corrected chi connectivity index (χ1v) is 6.10. The summed E-state index contributed by atoms with van der Waals surface area (Å²) in [6.45, 7) is 6.04. The Kier molecular flexibility index (Phi) is 4.04. The molecular weight excluding hydrogens is 222 g/mol. The van der Waals surface area contributed by atoms with Crippen LogP contribution in [0.3, 0.4) is 0 Å². The SMILES string of the molecule is NCCN1CCN(c2cccc(Cl)c2)CC1. The third-order valence-corrected chi connectivity index (χ3v) is 3.23. The fraction of sp³-hybridized carbons (Fsp3) is 0.500. The lowest BCUT2D eigenvalue weighted by Gasteiger charge is -2.35. The van der Waals surface area contributed by atoms with Crippen molar-refractivity contribution in [3.63, 3.8) is 0 Å². The van der Waals surface area contributed by atoms with Crippen LogP contribution in [0.2, 0.25) is 5.02 Å². The molecule has 1 aromatic carbocycles. The number of anilines is 1. The quantitative estimate of drug-likeness (QED) is 0.866. The molecule has 0 radical (unpaired) electrons. The molecule has 1 aromatic rings. The maximum absolute atomic E-state index is 5.99. The van der Waals surface area contributed by atoms with Gasteiger partial charge in [0.2, 0.25) is 0 Å². The van der Waals surface area contributed by atoms with Crippen molar-refractivity contribution in [3.8, 4) is 0 Å². The van der Waals surface area contributed by atoms with Crippen molar-refractivity contribution in [2.24, 2.45) is 5.73 Å². The predicted octanol–water partition coefficient (Wildman–Crippen LogP) is 1.42. The predicted molar refractivity (Wildman–Crippen MR) is 69.2 cm³/mol. The number of piperazine rings is 1. The van der Waals surface area contributed by atoms with Gasteiger partial charge >= 0.3 is 0 Å². The fourth-order valence-corrected chi connectivity index (χ4v) is 2.27. The third kappa shape index (κ3) is 2.88.